The largest absolute Gasteiger partial charge is 0.497 e. The van der Waals surface area contributed by atoms with Crippen LogP contribution < -0.4 is 14.5 Å². The Morgan fingerprint density at radius 1 is 1.13 bits per heavy atom. The van der Waals surface area contributed by atoms with Gasteiger partial charge in [0.05, 0.1) is 31.2 Å². The predicted octanol–water partition coefficient (Wildman–Crippen LogP) is 4.79. The molecule has 3 rings (SSSR count). The molecule has 0 amide bonds. The lowest BCUT2D eigenvalue weighted by atomic mass is 10.2. The topological polar surface area (TPSA) is 58.9 Å². The van der Waals surface area contributed by atoms with Crippen LogP contribution in [0.15, 0.2) is 57.6 Å². The zero-order valence-electron chi connectivity index (χ0n) is 18.2. The van der Waals surface area contributed by atoms with E-state index >= 15 is 0 Å². The molecule has 2 aromatic carbocycles. The summed E-state index contributed by atoms with van der Waals surface area (Å²) in [6, 6.07) is 14.2. The van der Waals surface area contributed by atoms with Gasteiger partial charge >= 0.3 is 0 Å². The second-order valence-corrected chi connectivity index (χ2v) is 8.07. The van der Waals surface area contributed by atoms with Crippen molar-refractivity contribution in [2.24, 2.45) is 10.2 Å². The van der Waals surface area contributed by atoms with Crippen molar-refractivity contribution >= 4 is 28.8 Å². The predicted molar refractivity (Wildman–Crippen MR) is 123 cm³/mol. The Bertz CT molecular complexity index is 847. The highest BCUT2D eigenvalue weighted by Crippen LogP contribution is 2.44. The first-order valence-corrected chi connectivity index (χ1v) is 10.8. The summed E-state index contributed by atoms with van der Waals surface area (Å²) >= 11 is 1.67. The molecule has 0 bridgehead atoms. The first-order chi connectivity index (χ1) is 14.6. The second-order valence-electron chi connectivity index (χ2n) is 6.97. The third kappa shape index (κ3) is 5.24. The van der Waals surface area contributed by atoms with E-state index < -0.39 is 0 Å². The van der Waals surface area contributed by atoms with Crippen molar-refractivity contribution in [3.63, 3.8) is 0 Å². The van der Waals surface area contributed by atoms with Crippen molar-refractivity contribution in [3.05, 3.63) is 42.5 Å². The summed E-state index contributed by atoms with van der Waals surface area (Å²) < 4.78 is 16.0. The molecule has 2 atom stereocenters. The van der Waals surface area contributed by atoms with Crippen LogP contribution >= 0.6 is 11.8 Å². The van der Waals surface area contributed by atoms with Gasteiger partial charge in [0.25, 0.3) is 0 Å². The Hall–Kier alpha value is -2.29. The molecule has 7 nitrogen and oxygen atoms in total. The number of benzene rings is 2. The molecule has 0 aliphatic carbocycles. The molecule has 0 spiro atoms. The maximum atomic E-state index is 5.50. The summed E-state index contributed by atoms with van der Waals surface area (Å²) in [5.41, 5.74) is 3.01. The number of hydrogen-bond acceptors (Lipinski definition) is 8. The third-order valence-electron chi connectivity index (χ3n) is 5.09. The summed E-state index contributed by atoms with van der Waals surface area (Å²) in [5.74, 6) is 0.851. The van der Waals surface area contributed by atoms with Crippen LogP contribution in [0.1, 0.15) is 6.92 Å². The molecule has 0 saturated carbocycles. The van der Waals surface area contributed by atoms with Crippen molar-refractivity contribution in [1.29, 1.82) is 0 Å². The van der Waals surface area contributed by atoms with Crippen molar-refractivity contribution in [2.75, 3.05) is 57.9 Å². The summed E-state index contributed by atoms with van der Waals surface area (Å²) in [6.07, 6.45) is 0.0319. The number of rotatable bonds is 10. The van der Waals surface area contributed by atoms with E-state index in [4.69, 9.17) is 14.2 Å². The molecule has 0 saturated heterocycles. The number of fused-ring (bicyclic) bond motifs is 1. The molecule has 162 valence electrons. The minimum Gasteiger partial charge on any atom is -0.497 e. The van der Waals surface area contributed by atoms with E-state index in [1.807, 2.05) is 31.3 Å². The molecule has 8 heteroatoms. The summed E-state index contributed by atoms with van der Waals surface area (Å²) in [5, 5.41) is 9.01. The number of azo groups is 1. The van der Waals surface area contributed by atoms with Crippen molar-refractivity contribution in [1.82, 2.24) is 0 Å². The standard InChI is InChI=1S/C22H30N4O3S/c1-6-26(14-19(29-5)15-27-3)17-9-7-16(8-10-17)23-24-22-25(2)20-12-11-18(28-4)13-21(20)30-22/h7-13,19,22H,6,14-15H2,1-5H3. The van der Waals surface area contributed by atoms with Gasteiger partial charge in [0.15, 0.2) is 5.50 Å². The molecule has 0 radical (unpaired) electrons. The summed E-state index contributed by atoms with van der Waals surface area (Å²) in [6.45, 7) is 4.36. The Morgan fingerprint density at radius 2 is 1.90 bits per heavy atom. The summed E-state index contributed by atoms with van der Waals surface area (Å²) in [7, 11) is 7.12. The Morgan fingerprint density at radius 3 is 2.53 bits per heavy atom. The van der Waals surface area contributed by atoms with Gasteiger partial charge in [0, 0.05) is 44.9 Å². The van der Waals surface area contributed by atoms with Crippen LogP contribution in [0, 0.1) is 0 Å². The van der Waals surface area contributed by atoms with Crippen molar-refractivity contribution in [2.45, 2.75) is 23.4 Å². The van der Waals surface area contributed by atoms with Crippen LogP contribution in [0.4, 0.5) is 17.1 Å². The number of nitrogens with zero attached hydrogens (tertiary/aromatic N) is 4. The lowest BCUT2D eigenvalue weighted by molar-refractivity contribution is 0.0330. The molecule has 2 unspecified atom stereocenters. The van der Waals surface area contributed by atoms with E-state index in [1.165, 1.54) is 0 Å². The van der Waals surface area contributed by atoms with E-state index in [9.17, 15) is 0 Å². The van der Waals surface area contributed by atoms with Gasteiger partial charge in [0.1, 0.15) is 5.75 Å². The molecule has 0 fully saturated rings. The number of likely N-dealkylation sites (N-methyl/N-ethyl adjacent to an activating group) is 1. The number of methoxy groups -OCH3 is 3. The van der Waals surface area contributed by atoms with E-state index in [1.54, 1.807) is 33.1 Å². The fourth-order valence-electron chi connectivity index (χ4n) is 3.31. The van der Waals surface area contributed by atoms with Gasteiger partial charge in [-0.3, -0.25) is 0 Å². The lowest BCUT2D eigenvalue weighted by Gasteiger charge is -2.27. The van der Waals surface area contributed by atoms with Crippen LogP contribution in [-0.4, -0.2) is 59.7 Å². The zero-order valence-corrected chi connectivity index (χ0v) is 19.1. The smallest absolute Gasteiger partial charge is 0.194 e. The molecule has 2 aromatic rings. The summed E-state index contributed by atoms with van der Waals surface area (Å²) in [4.78, 5) is 5.54. The Balaban J connectivity index is 1.64. The van der Waals surface area contributed by atoms with Gasteiger partial charge in [-0.15, -0.1) is 0 Å². The highest BCUT2D eigenvalue weighted by Gasteiger charge is 2.27. The minimum atomic E-state index is -0.0876. The first-order valence-electron chi connectivity index (χ1n) is 9.94. The number of hydrogen-bond donors (Lipinski definition) is 0. The monoisotopic (exact) mass is 430 g/mol. The van der Waals surface area contributed by atoms with E-state index in [2.05, 4.69) is 45.2 Å². The maximum Gasteiger partial charge on any atom is 0.194 e. The van der Waals surface area contributed by atoms with Gasteiger partial charge in [0.2, 0.25) is 0 Å². The van der Waals surface area contributed by atoms with Crippen molar-refractivity contribution in [3.8, 4) is 5.75 Å². The van der Waals surface area contributed by atoms with Crippen LogP contribution in [0.2, 0.25) is 0 Å². The minimum absolute atomic E-state index is 0.0319. The van der Waals surface area contributed by atoms with Gasteiger partial charge in [-0.25, -0.2) is 0 Å². The molecular formula is C22H30N4O3S. The number of ether oxygens (including phenoxy) is 3. The van der Waals surface area contributed by atoms with Gasteiger partial charge < -0.3 is 24.0 Å². The fraction of sp³-hybridized carbons (Fsp3) is 0.455. The maximum absolute atomic E-state index is 5.50. The Kier molecular flexibility index (Phi) is 7.95. The zero-order chi connectivity index (χ0) is 21.5. The quantitative estimate of drug-likeness (QED) is 0.505. The lowest BCUT2D eigenvalue weighted by Crippen LogP contribution is -2.35. The highest BCUT2D eigenvalue weighted by molar-refractivity contribution is 8.00. The third-order valence-corrected chi connectivity index (χ3v) is 6.29. The molecule has 0 aromatic heterocycles. The van der Waals surface area contributed by atoms with Gasteiger partial charge in [-0.2, -0.15) is 10.2 Å². The molecule has 30 heavy (non-hydrogen) atoms. The van der Waals surface area contributed by atoms with E-state index in [0.29, 0.717) is 6.61 Å². The average molecular weight is 431 g/mol. The molecule has 1 heterocycles. The average Bonchev–Trinajstić information content (AvgIpc) is 3.10. The second kappa shape index (κ2) is 10.7. The molecule has 1 aliphatic heterocycles. The van der Waals surface area contributed by atoms with Crippen LogP contribution in [0.25, 0.3) is 0 Å². The number of anilines is 2. The van der Waals surface area contributed by atoms with E-state index in [0.717, 1.165) is 40.8 Å². The van der Waals surface area contributed by atoms with Crippen LogP contribution in [-0.2, 0) is 9.47 Å². The SMILES string of the molecule is CCN(CC(COC)OC)c1ccc(N=NC2Sc3cc(OC)ccc3N2C)cc1. The number of thioether (sulfide) groups is 1. The Labute approximate surface area is 183 Å². The molecule has 1 aliphatic rings. The van der Waals surface area contributed by atoms with Gasteiger partial charge in [-0.05, 0) is 49.4 Å². The fourth-order valence-corrected chi connectivity index (χ4v) is 4.42. The van der Waals surface area contributed by atoms with Crippen LogP contribution in [0.5, 0.6) is 5.75 Å². The van der Waals surface area contributed by atoms with E-state index in [-0.39, 0.29) is 11.6 Å². The highest BCUT2D eigenvalue weighted by atomic mass is 32.2. The molecular weight excluding hydrogens is 400 g/mol. The normalized spacial score (nSPS) is 16.7. The van der Waals surface area contributed by atoms with Crippen LogP contribution in [0.3, 0.4) is 0 Å². The molecule has 0 N–H and O–H groups in total. The first kappa shape index (κ1) is 22.4. The van der Waals surface area contributed by atoms with Crippen molar-refractivity contribution < 1.29 is 14.2 Å². The van der Waals surface area contributed by atoms with Gasteiger partial charge in [-0.1, -0.05) is 11.8 Å².